The smallest absolute Gasteiger partial charge is 0.247 e. The van der Waals surface area contributed by atoms with E-state index in [4.69, 9.17) is 9.15 Å². The van der Waals surface area contributed by atoms with Crippen LogP contribution in [0, 0.1) is 20.8 Å². The van der Waals surface area contributed by atoms with Crippen molar-refractivity contribution < 1.29 is 9.15 Å². The van der Waals surface area contributed by atoms with Crippen molar-refractivity contribution in [3.63, 3.8) is 0 Å². The number of aryl methyl sites for hydroxylation is 2. The standard InChI is InChI=1S/C16H16N2O2/c1-10-7-13-16(17-8-10)20-15(18-13)9-19-14-6-4-5-11(2)12(14)3/h4-8H,9H2,1-3H3. The molecule has 2 aromatic heterocycles. The Hall–Kier alpha value is -2.36. The topological polar surface area (TPSA) is 48.2 Å². The SMILES string of the molecule is Cc1cnc2oc(COc3cccc(C)c3C)nc2c1. The van der Waals surface area contributed by atoms with Gasteiger partial charge < -0.3 is 9.15 Å². The maximum absolute atomic E-state index is 5.78. The first-order chi connectivity index (χ1) is 9.63. The number of ether oxygens (including phenoxy) is 1. The van der Waals surface area contributed by atoms with Crippen LogP contribution in [0.2, 0.25) is 0 Å². The van der Waals surface area contributed by atoms with Crippen LogP contribution in [0.25, 0.3) is 11.2 Å². The number of benzene rings is 1. The Bertz CT molecular complexity index is 762. The minimum atomic E-state index is 0.305. The fourth-order valence-electron chi connectivity index (χ4n) is 2.05. The fraction of sp³-hybridized carbons (Fsp3) is 0.250. The van der Waals surface area contributed by atoms with Gasteiger partial charge in [-0.2, -0.15) is 0 Å². The second kappa shape index (κ2) is 4.96. The van der Waals surface area contributed by atoms with Crippen LogP contribution < -0.4 is 4.74 Å². The molecule has 20 heavy (non-hydrogen) atoms. The summed E-state index contributed by atoms with van der Waals surface area (Å²) < 4.78 is 11.3. The lowest BCUT2D eigenvalue weighted by Gasteiger charge is -2.08. The van der Waals surface area contributed by atoms with E-state index >= 15 is 0 Å². The van der Waals surface area contributed by atoms with Crippen LogP contribution in [0.15, 0.2) is 34.9 Å². The van der Waals surface area contributed by atoms with E-state index in [-0.39, 0.29) is 0 Å². The van der Waals surface area contributed by atoms with Crippen molar-refractivity contribution in [1.82, 2.24) is 9.97 Å². The highest BCUT2D eigenvalue weighted by Crippen LogP contribution is 2.22. The summed E-state index contributed by atoms with van der Waals surface area (Å²) in [6.45, 7) is 6.39. The highest BCUT2D eigenvalue weighted by atomic mass is 16.5. The van der Waals surface area contributed by atoms with Gasteiger partial charge >= 0.3 is 0 Å². The number of hydrogen-bond donors (Lipinski definition) is 0. The summed E-state index contributed by atoms with van der Waals surface area (Å²) >= 11 is 0. The second-order valence-corrected chi connectivity index (χ2v) is 4.93. The van der Waals surface area contributed by atoms with Gasteiger partial charge in [-0.15, -0.1) is 0 Å². The van der Waals surface area contributed by atoms with Gasteiger partial charge in [-0.1, -0.05) is 12.1 Å². The zero-order valence-electron chi connectivity index (χ0n) is 11.8. The molecule has 0 spiro atoms. The van der Waals surface area contributed by atoms with Crippen molar-refractivity contribution in [3.8, 4) is 5.75 Å². The average Bonchev–Trinajstić information content (AvgIpc) is 2.82. The molecule has 4 heteroatoms. The van der Waals surface area contributed by atoms with Crippen LogP contribution in [-0.4, -0.2) is 9.97 Å². The van der Waals surface area contributed by atoms with Crippen molar-refractivity contribution in [2.24, 2.45) is 0 Å². The lowest BCUT2D eigenvalue weighted by molar-refractivity contribution is 0.265. The van der Waals surface area contributed by atoms with E-state index in [2.05, 4.69) is 23.0 Å². The predicted octanol–water partition coefficient (Wildman–Crippen LogP) is 3.73. The zero-order chi connectivity index (χ0) is 14.1. The summed E-state index contributed by atoms with van der Waals surface area (Å²) in [5.41, 5.74) is 4.72. The summed E-state index contributed by atoms with van der Waals surface area (Å²) in [5, 5.41) is 0. The molecule has 4 nitrogen and oxygen atoms in total. The van der Waals surface area contributed by atoms with E-state index in [1.165, 1.54) is 5.56 Å². The number of oxazole rings is 1. The first-order valence-corrected chi connectivity index (χ1v) is 6.54. The van der Waals surface area contributed by atoms with Crippen molar-refractivity contribution in [3.05, 3.63) is 53.0 Å². The molecule has 0 atom stereocenters. The molecule has 0 aliphatic rings. The van der Waals surface area contributed by atoms with E-state index in [1.807, 2.05) is 32.0 Å². The van der Waals surface area contributed by atoms with Crippen LogP contribution in [-0.2, 0) is 6.61 Å². The third-order valence-corrected chi connectivity index (χ3v) is 3.33. The van der Waals surface area contributed by atoms with E-state index in [0.717, 1.165) is 22.4 Å². The molecule has 3 rings (SSSR count). The summed E-state index contributed by atoms with van der Waals surface area (Å²) in [6.07, 6.45) is 1.77. The molecule has 0 unspecified atom stereocenters. The first-order valence-electron chi connectivity index (χ1n) is 6.54. The Balaban J connectivity index is 1.81. The molecule has 0 radical (unpaired) electrons. The Morgan fingerprint density at radius 1 is 1.20 bits per heavy atom. The molecule has 0 aliphatic heterocycles. The van der Waals surface area contributed by atoms with Crippen LogP contribution in [0.4, 0.5) is 0 Å². The number of aromatic nitrogens is 2. The summed E-state index contributed by atoms with van der Waals surface area (Å²) in [4.78, 5) is 8.59. The Labute approximate surface area is 117 Å². The van der Waals surface area contributed by atoms with E-state index in [1.54, 1.807) is 6.20 Å². The number of hydrogen-bond acceptors (Lipinski definition) is 4. The van der Waals surface area contributed by atoms with E-state index < -0.39 is 0 Å². The van der Waals surface area contributed by atoms with E-state index in [0.29, 0.717) is 18.2 Å². The van der Waals surface area contributed by atoms with Gasteiger partial charge in [0, 0.05) is 6.20 Å². The summed E-state index contributed by atoms with van der Waals surface area (Å²) in [5.74, 6) is 1.40. The lowest BCUT2D eigenvalue weighted by Crippen LogP contribution is -1.98. The molecule has 0 amide bonds. The number of fused-ring (bicyclic) bond motifs is 1. The average molecular weight is 268 g/mol. The van der Waals surface area contributed by atoms with Gasteiger partial charge in [0.2, 0.25) is 11.6 Å². The Morgan fingerprint density at radius 2 is 2.05 bits per heavy atom. The van der Waals surface area contributed by atoms with Gasteiger partial charge in [0.05, 0.1) is 0 Å². The van der Waals surface area contributed by atoms with Crippen LogP contribution in [0.3, 0.4) is 0 Å². The quantitative estimate of drug-likeness (QED) is 0.726. The van der Waals surface area contributed by atoms with Crippen molar-refractivity contribution >= 4 is 11.2 Å². The fourth-order valence-corrected chi connectivity index (χ4v) is 2.05. The van der Waals surface area contributed by atoms with E-state index in [9.17, 15) is 0 Å². The van der Waals surface area contributed by atoms with Crippen molar-refractivity contribution in [2.45, 2.75) is 27.4 Å². The molecule has 0 N–H and O–H groups in total. The number of pyridine rings is 1. The third-order valence-electron chi connectivity index (χ3n) is 3.33. The van der Waals surface area contributed by atoms with Gasteiger partial charge in [-0.25, -0.2) is 9.97 Å². The Morgan fingerprint density at radius 3 is 2.90 bits per heavy atom. The molecule has 0 fully saturated rings. The molecule has 0 saturated carbocycles. The van der Waals surface area contributed by atoms with Gasteiger partial charge in [-0.05, 0) is 49.6 Å². The van der Waals surface area contributed by atoms with Crippen LogP contribution in [0.5, 0.6) is 5.75 Å². The molecule has 2 heterocycles. The lowest BCUT2D eigenvalue weighted by atomic mass is 10.1. The third kappa shape index (κ3) is 2.37. The largest absolute Gasteiger partial charge is 0.484 e. The van der Waals surface area contributed by atoms with Gasteiger partial charge in [0.25, 0.3) is 0 Å². The highest BCUT2D eigenvalue weighted by molar-refractivity contribution is 5.68. The molecule has 102 valence electrons. The number of nitrogens with zero attached hydrogens (tertiary/aromatic N) is 2. The van der Waals surface area contributed by atoms with Crippen LogP contribution in [0.1, 0.15) is 22.6 Å². The Kier molecular flexibility index (Phi) is 3.14. The summed E-state index contributed by atoms with van der Waals surface area (Å²) in [6, 6.07) is 7.95. The molecule has 0 saturated heterocycles. The maximum atomic E-state index is 5.78. The highest BCUT2D eigenvalue weighted by Gasteiger charge is 2.09. The minimum Gasteiger partial charge on any atom is -0.484 e. The first kappa shape index (κ1) is 12.7. The molecule has 1 aromatic carbocycles. The van der Waals surface area contributed by atoms with Crippen molar-refractivity contribution in [1.29, 1.82) is 0 Å². The molecular formula is C16H16N2O2. The summed E-state index contributed by atoms with van der Waals surface area (Å²) in [7, 11) is 0. The molecule has 0 bridgehead atoms. The van der Waals surface area contributed by atoms with Gasteiger partial charge in [0.15, 0.2) is 6.61 Å². The van der Waals surface area contributed by atoms with Crippen molar-refractivity contribution in [2.75, 3.05) is 0 Å². The minimum absolute atomic E-state index is 0.305. The molecule has 3 aromatic rings. The monoisotopic (exact) mass is 268 g/mol. The molecular weight excluding hydrogens is 252 g/mol. The van der Waals surface area contributed by atoms with Gasteiger partial charge in [0.1, 0.15) is 11.3 Å². The predicted molar refractivity (Wildman–Crippen MR) is 76.8 cm³/mol. The number of rotatable bonds is 3. The zero-order valence-corrected chi connectivity index (χ0v) is 11.8. The normalized spacial score (nSPS) is 10.9. The van der Waals surface area contributed by atoms with Crippen LogP contribution >= 0.6 is 0 Å². The van der Waals surface area contributed by atoms with Gasteiger partial charge in [-0.3, -0.25) is 0 Å². The second-order valence-electron chi connectivity index (χ2n) is 4.93. The molecule has 0 aliphatic carbocycles. The maximum Gasteiger partial charge on any atom is 0.247 e.